The summed E-state index contributed by atoms with van der Waals surface area (Å²) in [6.07, 6.45) is 1.60. The van der Waals surface area contributed by atoms with Crippen molar-refractivity contribution in [2.75, 3.05) is 13.1 Å². The molecule has 1 fully saturated rings. The average molecular weight is 371 g/mol. The molecule has 0 aromatic heterocycles. The number of nitrogens with zero attached hydrogens (tertiary/aromatic N) is 1. The van der Waals surface area contributed by atoms with Gasteiger partial charge in [0.25, 0.3) is 0 Å². The fourth-order valence-corrected chi connectivity index (χ4v) is 3.94. The molecule has 7 heteroatoms. The van der Waals surface area contributed by atoms with Gasteiger partial charge in [0.15, 0.2) is 0 Å². The minimum absolute atomic E-state index is 0.00958. The molecule has 1 aromatic rings. The Morgan fingerprint density at radius 2 is 2.08 bits per heavy atom. The predicted molar refractivity (Wildman–Crippen MR) is 96.6 cm³/mol. The van der Waals surface area contributed by atoms with Gasteiger partial charge in [0.2, 0.25) is 5.91 Å². The largest absolute Gasteiger partial charge is 0.480 e. The Hall–Kier alpha value is -1.24. The van der Waals surface area contributed by atoms with Crippen LogP contribution < -0.4 is 5.32 Å². The maximum atomic E-state index is 12.3. The van der Waals surface area contributed by atoms with Crippen LogP contribution in [0.4, 0.5) is 0 Å². The molecule has 1 unspecified atom stereocenters. The highest BCUT2D eigenvalue weighted by atomic mass is 35.5. The van der Waals surface area contributed by atoms with E-state index in [9.17, 15) is 9.59 Å². The molecule has 24 heavy (non-hydrogen) atoms. The highest BCUT2D eigenvalue weighted by Crippen LogP contribution is 2.31. The van der Waals surface area contributed by atoms with Crippen molar-refractivity contribution in [3.05, 3.63) is 29.3 Å². The number of halogens is 1. The van der Waals surface area contributed by atoms with Gasteiger partial charge in [-0.25, -0.2) is 0 Å². The molecule has 2 N–H and O–H groups in total. The Balaban J connectivity index is 1.78. The zero-order chi connectivity index (χ0) is 17.7. The molecule has 0 radical (unpaired) electrons. The summed E-state index contributed by atoms with van der Waals surface area (Å²) in [6.45, 7) is 4.58. The molecule has 0 bridgehead atoms. The van der Waals surface area contributed by atoms with E-state index in [1.807, 2.05) is 43.0 Å². The van der Waals surface area contributed by atoms with E-state index < -0.39 is 5.97 Å². The second-order valence-electron chi connectivity index (χ2n) is 5.98. The summed E-state index contributed by atoms with van der Waals surface area (Å²) in [6, 6.07) is 7.84. The molecule has 1 saturated carbocycles. The van der Waals surface area contributed by atoms with Crippen LogP contribution in [0.2, 0.25) is 5.02 Å². The lowest BCUT2D eigenvalue weighted by molar-refractivity contribution is -0.139. The zero-order valence-electron chi connectivity index (χ0n) is 13.9. The van der Waals surface area contributed by atoms with Crippen LogP contribution in [0, 0.1) is 0 Å². The van der Waals surface area contributed by atoms with Crippen molar-refractivity contribution in [3.63, 3.8) is 0 Å². The van der Waals surface area contributed by atoms with E-state index in [4.69, 9.17) is 16.7 Å². The van der Waals surface area contributed by atoms with Gasteiger partial charge in [-0.2, -0.15) is 0 Å². The van der Waals surface area contributed by atoms with Crippen LogP contribution in [-0.4, -0.2) is 52.3 Å². The minimum atomic E-state index is -0.811. The third kappa shape index (κ3) is 5.13. The molecule has 5 nitrogen and oxygen atoms in total. The molecule has 1 aromatic carbocycles. The SMILES string of the molecule is CCN(CC(=O)O)C1CC(NC(=O)C(C)Sc2ccccc2Cl)C1. The van der Waals surface area contributed by atoms with E-state index >= 15 is 0 Å². The monoisotopic (exact) mass is 370 g/mol. The molecule has 0 spiro atoms. The summed E-state index contributed by atoms with van der Waals surface area (Å²) in [5.41, 5.74) is 0. The van der Waals surface area contributed by atoms with Crippen molar-refractivity contribution < 1.29 is 14.7 Å². The molecule has 1 aliphatic rings. The maximum Gasteiger partial charge on any atom is 0.317 e. The number of hydrogen-bond donors (Lipinski definition) is 2. The highest BCUT2D eigenvalue weighted by Gasteiger charge is 2.35. The number of carboxylic acids is 1. The van der Waals surface area contributed by atoms with Gasteiger partial charge in [-0.05, 0) is 38.4 Å². The Kier molecular flexibility index (Phi) is 6.95. The molecule has 1 amide bonds. The summed E-state index contributed by atoms with van der Waals surface area (Å²) < 4.78 is 0. The Labute approximate surface area is 151 Å². The van der Waals surface area contributed by atoms with Crippen LogP contribution >= 0.6 is 23.4 Å². The average Bonchev–Trinajstić information content (AvgIpc) is 2.50. The quantitative estimate of drug-likeness (QED) is 0.688. The summed E-state index contributed by atoms with van der Waals surface area (Å²) in [4.78, 5) is 26.0. The van der Waals surface area contributed by atoms with Gasteiger partial charge >= 0.3 is 5.97 Å². The number of thioether (sulfide) groups is 1. The van der Waals surface area contributed by atoms with Gasteiger partial charge in [-0.3, -0.25) is 14.5 Å². The number of aliphatic carboxylic acids is 1. The summed E-state index contributed by atoms with van der Waals surface area (Å²) >= 11 is 7.57. The van der Waals surface area contributed by atoms with E-state index in [0.717, 1.165) is 17.7 Å². The number of rotatable bonds is 8. The molecule has 0 heterocycles. The third-order valence-corrected chi connectivity index (χ3v) is 5.85. The van der Waals surface area contributed by atoms with Gasteiger partial charge in [0.1, 0.15) is 0 Å². The van der Waals surface area contributed by atoms with E-state index in [1.54, 1.807) is 0 Å². The minimum Gasteiger partial charge on any atom is -0.480 e. The number of amides is 1. The zero-order valence-corrected chi connectivity index (χ0v) is 15.4. The lowest BCUT2D eigenvalue weighted by Gasteiger charge is -2.42. The number of likely N-dealkylation sites (N-methyl/N-ethyl adjacent to an activating group) is 1. The lowest BCUT2D eigenvalue weighted by Crippen LogP contribution is -2.55. The van der Waals surface area contributed by atoms with Crippen LogP contribution in [0.5, 0.6) is 0 Å². The Morgan fingerprint density at radius 3 is 2.67 bits per heavy atom. The third-order valence-electron chi connectivity index (χ3n) is 4.23. The lowest BCUT2D eigenvalue weighted by atomic mass is 9.85. The fourth-order valence-electron chi connectivity index (χ4n) is 2.78. The number of nitrogens with one attached hydrogen (secondary N) is 1. The van der Waals surface area contributed by atoms with Crippen LogP contribution in [0.15, 0.2) is 29.2 Å². The first-order chi connectivity index (χ1) is 11.4. The molecule has 0 aliphatic heterocycles. The number of benzene rings is 1. The van der Waals surface area contributed by atoms with Gasteiger partial charge in [0, 0.05) is 17.0 Å². The van der Waals surface area contributed by atoms with E-state index in [1.165, 1.54) is 11.8 Å². The first-order valence-electron chi connectivity index (χ1n) is 8.08. The van der Waals surface area contributed by atoms with E-state index in [-0.39, 0.29) is 29.8 Å². The van der Waals surface area contributed by atoms with E-state index in [0.29, 0.717) is 11.6 Å². The number of carboxylic acid groups (broad SMARTS) is 1. The summed E-state index contributed by atoms with van der Waals surface area (Å²) in [7, 11) is 0. The fraction of sp³-hybridized carbons (Fsp3) is 0.529. The summed E-state index contributed by atoms with van der Waals surface area (Å²) in [5, 5.41) is 12.4. The van der Waals surface area contributed by atoms with Crippen molar-refractivity contribution >= 4 is 35.2 Å². The predicted octanol–water partition coefficient (Wildman–Crippen LogP) is 2.87. The first-order valence-corrected chi connectivity index (χ1v) is 9.33. The topological polar surface area (TPSA) is 69.6 Å². The Bertz CT molecular complexity index is 593. The number of hydrogen-bond acceptors (Lipinski definition) is 4. The maximum absolute atomic E-state index is 12.3. The van der Waals surface area contributed by atoms with Crippen LogP contribution in [0.3, 0.4) is 0 Å². The molecule has 2 rings (SSSR count). The number of carbonyl (C=O) groups is 2. The van der Waals surface area contributed by atoms with Crippen molar-refractivity contribution in [2.24, 2.45) is 0 Å². The van der Waals surface area contributed by atoms with Gasteiger partial charge in [-0.15, -0.1) is 11.8 Å². The molecular weight excluding hydrogens is 348 g/mol. The summed E-state index contributed by atoms with van der Waals surface area (Å²) in [5.74, 6) is -0.821. The van der Waals surface area contributed by atoms with Crippen molar-refractivity contribution in [1.82, 2.24) is 10.2 Å². The normalized spacial score (nSPS) is 21.2. The highest BCUT2D eigenvalue weighted by molar-refractivity contribution is 8.00. The second kappa shape index (κ2) is 8.74. The number of carbonyl (C=O) groups excluding carboxylic acids is 1. The van der Waals surface area contributed by atoms with Crippen molar-refractivity contribution in [2.45, 2.75) is 48.9 Å². The molecular formula is C17H23ClN2O3S. The molecule has 132 valence electrons. The van der Waals surface area contributed by atoms with Crippen molar-refractivity contribution in [1.29, 1.82) is 0 Å². The Morgan fingerprint density at radius 1 is 1.42 bits per heavy atom. The van der Waals surface area contributed by atoms with Crippen LogP contribution in [0.1, 0.15) is 26.7 Å². The van der Waals surface area contributed by atoms with Crippen molar-refractivity contribution in [3.8, 4) is 0 Å². The first kappa shape index (κ1) is 19.1. The second-order valence-corrected chi connectivity index (χ2v) is 7.77. The van der Waals surface area contributed by atoms with Crippen LogP contribution in [-0.2, 0) is 9.59 Å². The molecule has 1 aliphatic carbocycles. The van der Waals surface area contributed by atoms with Crippen LogP contribution in [0.25, 0.3) is 0 Å². The van der Waals surface area contributed by atoms with Gasteiger partial charge in [-0.1, -0.05) is 30.7 Å². The molecule has 0 saturated heterocycles. The van der Waals surface area contributed by atoms with Gasteiger partial charge in [0.05, 0.1) is 16.8 Å². The molecule has 1 atom stereocenters. The van der Waals surface area contributed by atoms with E-state index in [2.05, 4.69) is 5.32 Å². The standard InChI is InChI=1S/C17H23ClN2O3S/c1-3-20(10-16(21)22)13-8-12(9-13)19-17(23)11(2)24-15-7-5-4-6-14(15)18/h4-7,11-13H,3,8-10H2,1-2H3,(H,19,23)(H,21,22). The smallest absolute Gasteiger partial charge is 0.317 e. The van der Waals surface area contributed by atoms with Gasteiger partial charge < -0.3 is 10.4 Å².